The van der Waals surface area contributed by atoms with Crippen LogP contribution in [0.2, 0.25) is 0 Å². The van der Waals surface area contributed by atoms with E-state index >= 15 is 0 Å². The third kappa shape index (κ3) is 6.39. The van der Waals surface area contributed by atoms with Gasteiger partial charge in [0, 0.05) is 19.1 Å². The number of rotatable bonds is 8. The van der Waals surface area contributed by atoms with Crippen LogP contribution < -0.4 is 19.5 Å². The zero-order chi connectivity index (χ0) is 21.2. The van der Waals surface area contributed by atoms with Crippen molar-refractivity contribution in [2.75, 3.05) is 33.9 Å². The minimum absolute atomic E-state index is 0.254. The maximum absolute atomic E-state index is 12.4. The van der Waals surface area contributed by atoms with Crippen LogP contribution in [0, 0.1) is 0 Å². The molecule has 1 amide bonds. The summed E-state index contributed by atoms with van der Waals surface area (Å²) in [5, 5.41) is 3.66. The highest BCUT2D eigenvalue weighted by atomic mass is 16.6. The summed E-state index contributed by atoms with van der Waals surface area (Å²) in [6.45, 7) is 2.42. The number of para-hydroxylation sites is 1. The fourth-order valence-electron chi connectivity index (χ4n) is 3.77. The van der Waals surface area contributed by atoms with E-state index in [1.165, 1.54) is 5.56 Å². The van der Waals surface area contributed by atoms with Crippen LogP contribution in [0.1, 0.15) is 31.2 Å². The number of amides is 1. The number of likely N-dealkylation sites (tertiary alicyclic amines) is 1. The molecule has 30 heavy (non-hydrogen) atoms. The Morgan fingerprint density at radius 3 is 2.60 bits per heavy atom. The molecule has 1 atom stereocenters. The number of hydrogen-bond donors (Lipinski definition) is 1. The van der Waals surface area contributed by atoms with E-state index in [0.717, 1.165) is 63.2 Å². The average Bonchev–Trinajstić information content (AvgIpc) is 3.03. The van der Waals surface area contributed by atoms with Gasteiger partial charge in [0.25, 0.3) is 0 Å². The smallest absolute Gasteiger partial charge is 0.415 e. The Kier molecular flexibility index (Phi) is 8.39. The van der Waals surface area contributed by atoms with E-state index in [-0.39, 0.29) is 6.09 Å². The molecular weight excluding hydrogens is 380 g/mol. The maximum Gasteiger partial charge on any atom is 0.415 e. The first-order chi connectivity index (χ1) is 14.7. The Morgan fingerprint density at radius 2 is 1.83 bits per heavy atom. The SMILES string of the molecule is COc1ccc(CCCNC2CCCN(C(=O)Oc3ccccc3)CC2)cc1OC. The molecule has 162 valence electrons. The van der Waals surface area contributed by atoms with E-state index in [4.69, 9.17) is 14.2 Å². The summed E-state index contributed by atoms with van der Waals surface area (Å²) in [5.41, 5.74) is 1.24. The molecule has 1 saturated heterocycles. The highest BCUT2D eigenvalue weighted by Gasteiger charge is 2.21. The van der Waals surface area contributed by atoms with Gasteiger partial charge in [-0.1, -0.05) is 24.3 Å². The van der Waals surface area contributed by atoms with Crippen LogP contribution in [0.15, 0.2) is 48.5 Å². The Balaban J connectivity index is 1.38. The molecule has 0 radical (unpaired) electrons. The topological polar surface area (TPSA) is 60.0 Å². The van der Waals surface area contributed by atoms with Gasteiger partial charge >= 0.3 is 6.09 Å². The number of benzene rings is 2. The summed E-state index contributed by atoms with van der Waals surface area (Å²) >= 11 is 0. The van der Waals surface area contributed by atoms with Gasteiger partial charge in [-0.15, -0.1) is 0 Å². The van der Waals surface area contributed by atoms with E-state index in [1.54, 1.807) is 26.4 Å². The number of carbonyl (C=O) groups excluding carboxylic acids is 1. The van der Waals surface area contributed by atoms with Crippen LogP contribution in [0.4, 0.5) is 4.79 Å². The van der Waals surface area contributed by atoms with E-state index in [2.05, 4.69) is 11.4 Å². The Bertz CT molecular complexity index is 797. The molecule has 6 heteroatoms. The lowest BCUT2D eigenvalue weighted by Gasteiger charge is -2.20. The summed E-state index contributed by atoms with van der Waals surface area (Å²) < 4.78 is 16.1. The number of aryl methyl sites for hydroxylation is 1. The normalized spacial score (nSPS) is 16.6. The standard InChI is InChI=1S/C24H32N2O4/c1-28-22-13-12-19(18-23(22)29-2)8-6-15-25-20-9-7-16-26(17-14-20)24(27)30-21-10-4-3-5-11-21/h3-5,10-13,18,20,25H,6-9,14-17H2,1-2H3. The molecule has 0 saturated carbocycles. The summed E-state index contributed by atoms with van der Waals surface area (Å²) in [6.07, 6.45) is 4.78. The van der Waals surface area contributed by atoms with Crippen molar-refractivity contribution in [1.29, 1.82) is 0 Å². The number of methoxy groups -OCH3 is 2. The van der Waals surface area contributed by atoms with Gasteiger partial charge in [0.15, 0.2) is 11.5 Å². The maximum atomic E-state index is 12.4. The molecule has 0 aromatic heterocycles. The first kappa shape index (κ1) is 22.0. The molecule has 2 aromatic rings. The van der Waals surface area contributed by atoms with Crippen LogP contribution in [0.5, 0.6) is 17.2 Å². The average molecular weight is 413 g/mol. The summed E-state index contributed by atoms with van der Waals surface area (Å²) in [4.78, 5) is 14.2. The minimum Gasteiger partial charge on any atom is -0.493 e. The third-order valence-corrected chi connectivity index (χ3v) is 5.46. The van der Waals surface area contributed by atoms with Crippen LogP contribution >= 0.6 is 0 Å². The van der Waals surface area contributed by atoms with E-state index < -0.39 is 0 Å². The fraction of sp³-hybridized carbons (Fsp3) is 0.458. The van der Waals surface area contributed by atoms with E-state index in [0.29, 0.717) is 11.8 Å². The zero-order valence-corrected chi connectivity index (χ0v) is 17.9. The second-order valence-electron chi connectivity index (χ2n) is 7.54. The van der Waals surface area contributed by atoms with Gasteiger partial charge < -0.3 is 24.4 Å². The van der Waals surface area contributed by atoms with Gasteiger partial charge in [0.05, 0.1) is 14.2 Å². The fourth-order valence-corrected chi connectivity index (χ4v) is 3.77. The number of carbonyl (C=O) groups is 1. The lowest BCUT2D eigenvalue weighted by atomic mass is 10.1. The second kappa shape index (κ2) is 11.5. The highest BCUT2D eigenvalue weighted by Crippen LogP contribution is 2.28. The van der Waals surface area contributed by atoms with Gasteiger partial charge in [0.2, 0.25) is 0 Å². The predicted octanol–water partition coefficient (Wildman–Crippen LogP) is 4.28. The van der Waals surface area contributed by atoms with Crippen LogP contribution in [0.25, 0.3) is 0 Å². The molecule has 6 nitrogen and oxygen atoms in total. The molecule has 1 aliphatic rings. The molecule has 3 rings (SSSR count). The van der Waals surface area contributed by atoms with Crippen molar-refractivity contribution in [3.63, 3.8) is 0 Å². The Labute approximate surface area is 179 Å². The second-order valence-corrected chi connectivity index (χ2v) is 7.54. The third-order valence-electron chi connectivity index (χ3n) is 5.46. The van der Waals surface area contributed by atoms with Crippen LogP contribution in [-0.4, -0.2) is 50.9 Å². The number of ether oxygens (including phenoxy) is 3. The van der Waals surface area contributed by atoms with Crippen molar-refractivity contribution < 1.29 is 19.0 Å². The molecule has 0 aliphatic carbocycles. The van der Waals surface area contributed by atoms with E-state index in [9.17, 15) is 4.79 Å². The lowest BCUT2D eigenvalue weighted by Crippen LogP contribution is -2.36. The Morgan fingerprint density at radius 1 is 1.03 bits per heavy atom. The molecule has 1 unspecified atom stereocenters. The van der Waals surface area contributed by atoms with Gasteiger partial charge in [0.1, 0.15) is 5.75 Å². The molecular formula is C24H32N2O4. The van der Waals surface area contributed by atoms with Gasteiger partial charge in [-0.25, -0.2) is 4.79 Å². The summed E-state index contributed by atoms with van der Waals surface area (Å²) in [5.74, 6) is 2.12. The first-order valence-corrected chi connectivity index (χ1v) is 10.7. The molecule has 0 bridgehead atoms. The number of hydrogen-bond acceptors (Lipinski definition) is 5. The zero-order valence-electron chi connectivity index (χ0n) is 17.9. The predicted molar refractivity (Wildman–Crippen MR) is 118 cm³/mol. The monoisotopic (exact) mass is 412 g/mol. The first-order valence-electron chi connectivity index (χ1n) is 10.7. The minimum atomic E-state index is -0.254. The number of nitrogens with one attached hydrogen (secondary N) is 1. The van der Waals surface area contributed by atoms with Gasteiger partial charge in [-0.2, -0.15) is 0 Å². The number of nitrogens with zero attached hydrogens (tertiary/aromatic N) is 1. The summed E-state index contributed by atoms with van der Waals surface area (Å²) in [6, 6.07) is 15.8. The van der Waals surface area contributed by atoms with Crippen molar-refractivity contribution in [2.45, 2.75) is 38.1 Å². The molecule has 0 spiro atoms. The van der Waals surface area contributed by atoms with Crippen molar-refractivity contribution in [3.05, 3.63) is 54.1 Å². The summed E-state index contributed by atoms with van der Waals surface area (Å²) in [7, 11) is 3.31. The van der Waals surface area contributed by atoms with Crippen LogP contribution in [-0.2, 0) is 6.42 Å². The van der Waals surface area contributed by atoms with Crippen LogP contribution in [0.3, 0.4) is 0 Å². The van der Waals surface area contributed by atoms with Crippen molar-refractivity contribution in [3.8, 4) is 17.2 Å². The molecule has 1 fully saturated rings. The molecule has 1 heterocycles. The Hall–Kier alpha value is -2.73. The van der Waals surface area contributed by atoms with E-state index in [1.807, 2.05) is 35.2 Å². The van der Waals surface area contributed by atoms with Crippen molar-refractivity contribution in [1.82, 2.24) is 10.2 Å². The van der Waals surface area contributed by atoms with Gasteiger partial charge in [-0.05, 0) is 68.5 Å². The quantitative estimate of drug-likeness (QED) is 0.656. The molecule has 1 N–H and O–H groups in total. The lowest BCUT2D eigenvalue weighted by molar-refractivity contribution is 0.153. The molecule has 2 aromatic carbocycles. The van der Waals surface area contributed by atoms with Gasteiger partial charge in [-0.3, -0.25) is 0 Å². The van der Waals surface area contributed by atoms with Crippen molar-refractivity contribution >= 4 is 6.09 Å². The molecule has 1 aliphatic heterocycles. The largest absolute Gasteiger partial charge is 0.493 e. The van der Waals surface area contributed by atoms with Crippen molar-refractivity contribution in [2.24, 2.45) is 0 Å². The highest BCUT2D eigenvalue weighted by molar-refractivity contribution is 5.70.